The molecule has 2 aromatic rings. The summed E-state index contributed by atoms with van der Waals surface area (Å²) in [7, 11) is 0. The number of para-hydroxylation sites is 1. The molecule has 1 heterocycles. The number of aromatic carboxylic acids is 1. The summed E-state index contributed by atoms with van der Waals surface area (Å²) in [5.74, 6) is -1.09. The summed E-state index contributed by atoms with van der Waals surface area (Å²) in [5, 5.41) is 11.7. The van der Waals surface area contributed by atoms with Crippen molar-refractivity contribution in [3.8, 4) is 0 Å². The van der Waals surface area contributed by atoms with Crippen LogP contribution in [0.4, 0.5) is 5.69 Å². The molecule has 0 aliphatic rings. The Bertz CT molecular complexity index is 682. The smallest absolute Gasteiger partial charge is 0.354 e. The van der Waals surface area contributed by atoms with E-state index in [1.807, 2.05) is 12.1 Å². The number of nitrogens with zero attached hydrogens (tertiary/aromatic N) is 1. The predicted octanol–water partition coefficient (Wildman–Crippen LogP) is 2.64. The van der Waals surface area contributed by atoms with Crippen LogP contribution in [0.25, 0.3) is 0 Å². The van der Waals surface area contributed by atoms with Gasteiger partial charge in [-0.3, -0.25) is 4.79 Å². The maximum atomic E-state index is 12.1. The normalized spacial score (nSPS) is 10.1. The quantitative estimate of drug-likeness (QED) is 0.563. The van der Waals surface area contributed by atoms with Crippen molar-refractivity contribution in [1.82, 2.24) is 9.97 Å². The molecule has 0 saturated heterocycles. The number of anilines is 1. The van der Waals surface area contributed by atoms with Gasteiger partial charge in [0.1, 0.15) is 0 Å². The van der Waals surface area contributed by atoms with Gasteiger partial charge in [0.15, 0.2) is 11.4 Å². The van der Waals surface area contributed by atoms with Crippen LogP contribution in [0.1, 0.15) is 21.0 Å². The Labute approximate surface area is 125 Å². The van der Waals surface area contributed by atoms with E-state index in [9.17, 15) is 9.59 Å². The molecule has 108 valence electrons. The molecule has 0 radical (unpaired) electrons. The van der Waals surface area contributed by atoms with Crippen molar-refractivity contribution >= 4 is 29.3 Å². The number of carbonyl (C=O) groups excluding carboxylic acids is 1. The number of benzene rings is 1. The van der Waals surface area contributed by atoms with Crippen LogP contribution in [0.3, 0.4) is 0 Å². The molecular weight excluding hydrogens is 290 g/mol. The van der Waals surface area contributed by atoms with Gasteiger partial charge in [0.05, 0.1) is 12.0 Å². The van der Waals surface area contributed by atoms with Gasteiger partial charge in [0.25, 0.3) is 5.91 Å². The number of amides is 1. The number of carboxylic acid groups (broad SMARTS) is 1. The highest BCUT2D eigenvalue weighted by Gasteiger charge is 2.20. The highest BCUT2D eigenvalue weighted by Crippen LogP contribution is 2.27. The molecule has 0 fully saturated rings. The van der Waals surface area contributed by atoms with Crippen LogP contribution in [0.2, 0.25) is 0 Å². The first-order chi connectivity index (χ1) is 10.1. The lowest BCUT2D eigenvalue weighted by molar-refractivity contribution is 0.0686. The van der Waals surface area contributed by atoms with Crippen LogP contribution in [0, 0.1) is 0 Å². The Hall–Kier alpha value is -2.54. The number of thioether (sulfide) groups is 1. The van der Waals surface area contributed by atoms with E-state index in [0.29, 0.717) is 11.4 Å². The summed E-state index contributed by atoms with van der Waals surface area (Å²) >= 11 is 1.52. The minimum atomic E-state index is -1.23. The molecule has 0 unspecified atom stereocenters. The van der Waals surface area contributed by atoms with E-state index in [0.717, 1.165) is 4.90 Å². The van der Waals surface area contributed by atoms with Gasteiger partial charge in [-0.05, 0) is 12.1 Å². The minimum absolute atomic E-state index is 0.147. The third kappa shape index (κ3) is 3.51. The van der Waals surface area contributed by atoms with Gasteiger partial charge in [0.2, 0.25) is 0 Å². The number of aromatic nitrogens is 2. The number of nitrogens with one attached hydrogen (secondary N) is 2. The topological polar surface area (TPSA) is 95.1 Å². The standard InChI is InChI=1S/C14H13N3O3S/c1-2-7-21-10-6-4-3-5-9(10)17-13(18)11-12(14(19)20)16-8-15-11/h2-6,8H,1,7H2,(H,15,16)(H,17,18)(H,19,20). The predicted molar refractivity (Wildman–Crippen MR) is 80.9 cm³/mol. The average molecular weight is 303 g/mol. The maximum Gasteiger partial charge on any atom is 0.354 e. The van der Waals surface area contributed by atoms with E-state index in [1.54, 1.807) is 18.2 Å². The van der Waals surface area contributed by atoms with Gasteiger partial charge in [-0.15, -0.1) is 18.3 Å². The zero-order valence-corrected chi connectivity index (χ0v) is 11.8. The zero-order valence-electron chi connectivity index (χ0n) is 11.0. The lowest BCUT2D eigenvalue weighted by Gasteiger charge is -2.09. The van der Waals surface area contributed by atoms with Gasteiger partial charge in [0, 0.05) is 10.6 Å². The monoisotopic (exact) mass is 303 g/mol. The molecule has 0 spiro atoms. The molecular formula is C14H13N3O3S. The first kappa shape index (κ1) is 14.9. The van der Waals surface area contributed by atoms with Gasteiger partial charge >= 0.3 is 5.97 Å². The van der Waals surface area contributed by atoms with E-state index in [2.05, 4.69) is 21.9 Å². The van der Waals surface area contributed by atoms with Crippen LogP contribution in [0.15, 0.2) is 48.1 Å². The number of imidazole rings is 1. The molecule has 3 N–H and O–H groups in total. The molecule has 6 nitrogen and oxygen atoms in total. The second-order valence-corrected chi connectivity index (χ2v) is 5.04. The number of hydrogen-bond donors (Lipinski definition) is 3. The summed E-state index contributed by atoms with van der Waals surface area (Å²) in [6, 6.07) is 7.26. The van der Waals surface area contributed by atoms with Crippen molar-refractivity contribution in [2.45, 2.75) is 4.90 Å². The number of carboxylic acids is 1. The van der Waals surface area contributed by atoms with Crippen molar-refractivity contribution in [2.24, 2.45) is 0 Å². The van der Waals surface area contributed by atoms with Crippen molar-refractivity contribution < 1.29 is 14.7 Å². The zero-order chi connectivity index (χ0) is 15.2. The van der Waals surface area contributed by atoms with E-state index in [1.165, 1.54) is 18.1 Å². The number of hydrogen-bond acceptors (Lipinski definition) is 4. The lowest BCUT2D eigenvalue weighted by Crippen LogP contribution is -2.17. The van der Waals surface area contributed by atoms with E-state index in [4.69, 9.17) is 5.11 Å². The highest BCUT2D eigenvalue weighted by molar-refractivity contribution is 7.99. The number of H-pyrrole nitrogens is 1. The molecule has 7 heteroatoms. The maximum absolute atomic E-state index is 12.1. The first-order valence-electron chi connectivity index (χ1n) is 6.04. The molecule has 0 aliphatic carbocycles. The number of rotatable bonds is 6. The SMILES string of the molecule is C=CCSc1ccccc1NC(=O)c1nc[nH]c1C(=O)O. The van der Waals surface area contributed by atoms with Crippen molar-refractivity contribution in [2.75, 3.05) is 11.1 Å². The van der Waals surface area contributed by atoms with Crippen LogP contribution in [-0.4, -0.2) is 32.7 Å². The number of aromatic amines is 1. The molecule has 1 aromatic carbocycles. The summed E-state index contributed by atoms with van der Waals surface area (Å²) in [6.45, 7) is 3.65. The van der Waals surface area contributed by atoms with Gasteiger partial charge < -0.3 is 15.4 Å². The van der Waals surface area contributed by atoms with E-state index in [-0.39, 0.29) is 11.4 Å². The van der Waals surface area contributed by atoms with Crippen LogP contribution in [0.5, 0.6) is 0 Å². The Morgan fingerprint density at radius 2 is 2.19 bits per heavy atom. The van der Waals surface area contributed by atoms with Gasteiger partial charge in [-0.2, -0.15) is 0 Å². The highest BCUT2D eigenvalue weighted by atomic mass is 32.2. The molecule has 1 amide bonds. The average Bonchev–Trinajstić information content (AvgIpc) is 2.96. The minimum Gasteiger partial charge on any atom is -0.477 e. The molecule has 2 rings (SSSR count). The summed E-state index contributed by atoms with van der Waals surface area (Å²) in [6.07, 6.45) is 2.94. The fraction of sp³-hybridized carbons (Fsp3) is 0.0714. The molecule has 1 aromatic heterocycles. The fourth-order valence-electron chi connectivity index (χ4n) is 1.66. The summed E-state index contributed by atoms with van der Waals surface area (Å²) in [5.41, 5.74) is 0.225. The third-order valence-corrected chi connectivity index (χ3v) is 3.63. The van der Waals surface area contributed by atoms with Gasteiger partial charge in [-0.25, -0.2) is 9.78 Å². The first-order valence-corrected chi connectivity index (χ1v) is 7.02. The van der Waals surface area contributed by atoms with Gasteiger partial charge in [-0.1, -0.05) is 18.2 Å². The van der Waals surface area contributed by atoms with Crippen LogP contribution in [-0.2, 0) is 0 Å². The third-order valence-electron chi connectivity index (χ3n) is 2.56. The lowest BCUT2D eigenvalue weighted by atomic mass is 10.2. The van der Waals surface area contributed by atoms with Crippen LogP contribution >= 0.6 is 11.8 Å². The second-order valence-electron chi connectivity index (χ2n) is 3.98. The van der Waals surface area contributed by atoms with Crippen molar-refractivity contribution in [3.05, 3.63) is 54.6 Å². The van der Waals surface area contributed by atoms with Crippen molar-refractivity contribution in [1.29, 1.82) is 0 Å². The van der Waals surface area contributed by atoms with Crippen molar-refractivity contribution in [3.63, 3.8) is 0 Å². The summed E-state index contributed by atoms with van der Waals surface area (Å²) < 4.78 is 0. The molecule has 0 saturated carbocycles. The molecule has 21 heavy (non-hydrogen) atoms. The Morgan fingerprint density at radius 3 is 2.90 bits per heavy atom. The second kappa shape index (κ2) is 6.76. The fourth-order valence-corrected chi connectivity index (χ4v) is 2.40. The Kier molecular flexibility index (Phi) is 4.78. The van der Waals surface area contributed by atoms with Crippen LogP contribution < -0.4 is 5.32 Å². The van der Waals surface area contributed by atoms with E-state index < -0.39 is 11.9 Å². The summed E-state index contributed by atoms with van der Waals surface area (Å²) in [4.78, 5) is 30.2. The Morgan fingerprint density at radius 1 is 1.43 bits per heavy atom. The molecule has 0 aliphatic heterocycles. The van der Waals surface area contributed by atoms with E-state index >= 15 is 0 Å². The molecule has 0 atom stereocenters. The Balaban J connectivity index is 2.21. The molecule has 0 bridgehead atoms. The largest absolute Gasteiger partial charge is 0.477 e. The number of carbonyl (C=O) groups is 2.